The number of carbonyl (C=O) groups excluding carboxylic acids is 3. The van der Waals surface area contributed by atoms with Crippen molar-refractivity contribution in [3.8, 4) is 5.75 Å². The van der Waals surface area contributed by atoms with Crippen LogP contribution in [0, 0.1) is 0 Å². The highest BCUT2D eigenvalue weighted by atomic mass is 16.4. The Morgan fingerprint density at radius 2 is 1.48 bits per heavy atom. The Bertz CT molecular complexity index is 782. The number of aliphatic hydroxyl groups is 2. The van der Waals surface area contributed by atoms with Crippen molar-refractivity contribution < 1.29 is 39.6 Å². The molecule has 0 saturated heterocycles. The van der Waals surface area contributed by atoms with Crippen LogP contribution >= 0.6 is 0 Å². The number of benzene rings is 1. The maximum Gasteiger partial charge on any atom is 0.326 e. The van der Waals surface area contributed by atoms with E-state index >= 15 is 0 Å². The average molecular weight is 440 g/mol. The smallest absolute Gasteiger partial charge is 0.326 e. The van der Waals surface area contributed by atoms with Crippen LogP contribution in [0.2, 0.25) is 0 Å². The van der Waals surface area contributed by atoms with Crippen molar-refractivity contribution in [2.75, 3.05) is 6.61 Å². The van der Waals surface area contributed by atoms with Crippen molar-refractivity contribution in [3.63, 3.8) is 0 Å². The van der Waals surface area contributed by atoms with Crippen LogP contribution in [0.4, 0.5) is 0 Å². The summed E-state index contributed by atoms with van der Waals surface area (Å²) in [6.45, 7) is 1.78. The molecule has 5 atom stereocenters. The number of carboxylic acid groups (broad SMARTS) is 1. The number of aromatic hydroxyl groups is 1. The zero-order chi connectivity index (χ0) is 23.7. The third-order valence-corrected chi connectivity index (χ3v) is 4.28. The van der Waals surface area contributed by atoms with Gasteiger partial charge in [0.1, 0.15) is 23.9 Å². The molecule has 0 fully saturated rings. The zero-order valence-electron chi connectivity index (χ0n) is 17.1. The number of nitrogens with one attached hydrogen (secondary N) is 3. The van der Waals surface area contributed by atoms with Gasteiger partial charge in [-0.2, -0.15) is 0 Å². The van der Waals surface area contributed by atoms with Crippen LogP contribution < -0.4 is 21.7 Å². The second kappa shape index (κ2) is 11.8. The number of phenolic OH excluding ortho intramolecular Hbond substituents is 1. The summed E-state index contributed by atoms with van der Waals surface area (Å²) in [4.78, 5) is 48.1. The van der Waals surface area contributed by atoms with Gasteiger partial charge in [0, 0.05) is 6.42 Å². The molecule has 0 aliphatic rings. The first-order valence-electron chi connectivity index (χ1n) is 9.42. The molecule has 0 radical (unpaired) electrons. The van der Waals surface area contributed by atoms with Crippen molar-refractivity contribution in [1.29, 1.82) is 0 Å². The summed E-state index contributed by atoms with van der Waals surface area (Å²) in [6, 6.07) is 0.364. The molecule has 0 aliphatic carbocycles. The third-order valence-electron chi connectivity index (χ3n) is 4.28. The fourth-order valence-electron chi connectivity index (χ4n) is 2.49. The Morgan fingerprint density at radius 1 is 0.935 bits per heavy atom. The van der Waals surface area contributed by atoms with E-state index in [9.17, 15) is 39.6 Å². The van der Waals surface area contributed by atoms with Gasteiger partial charge in [-0.05, 0) is 31.5 Å². The van der Waals surface area contributed by atoms with Crippen LogP contribution in [0.3, 0.4) is 0 Å². The lowest BCUT2D eigenvalue weighted by atomic mass is 10.0. The van der Waals surface area contributed by atoms with E-state index in [1.165, 1.54) is 38.1 Å². The first-order valence-corrected chi connectivity index (χ1v) is 9.42. The van der Waals surface area contributed by atoms with Gasteiger partial charge in [0.25, 0.3) is 0 Å². The zero-order valence-corrected chi connectivity index (χ0v) is 17.1. The monoisotopic (exact) mass is 440 g/mol. The number of hydrogen-bond acceptors (Lipinski definition) is 8. The molecule has 1 aromatic rings. The fraction of sp³-hybridized carbons (Fsp3) is 0.474. The first kappa shape index (κ1) is 25.8. The molecule has 31 heavy (non-hydrogen) atoms. The standard InChI is InChI=1S/C19H28N4O8/c1-9(20)16(27)22-14(8-24)17(28)23-15(10(2)25)18(29)21-13(19(30)31)7-11-3-5-12(26)6-4-11/h3-6,9-10,13-15,24-26H,7-8,20H2,1-2H3,(H,21,29)(H,22,27)(H,23,28)(H,30,31). The molecule has 172 valence electrons. The second-order valence-corrected chi connectivity index (χ2v) is 7.03. The molecule has 3 amide bonds. The van der Waals surface area contributed by atoms with E-state index in [0.717, 1.165) is 0 Å². The van der Waals surface area contributed by atoms with E-state index in [2.05, 4.69) is 16.0 Å². The molecular weight excluding hydrogens is 412 g/mol. The van der Waals surface area contributed by atoms with Gasteiger partial charge in [-0.15, -0.1) is 0 Å². The topological polar surface area (TPSA) is 211 Å². The Balaban J connectivity index is 2.88. The molecule has 0 aliphatic heterocycles. The quantitative estimate of drug-likeness (QED) is 0.178. The van der Waals surface area contributed by atoms with E-state index in [4.69, 9.17) is 5.73 Å². The molecule has 1 rings (SSSR count). The Hall–Kier alpha value is -3.22. The van der Waals surface area contributed by atoms with Crippen molar-refractivity contribution in [2.24, 2.45) is 5.73 Å². The maximum atomic E-state index is 12.6. The van der Waals surface area contributed by atoms with Crippen LogP contribution in [0.1, 0.15) is 19.4 Å². The summed E-state index contributed by atoms with van der Waals surface area (Å²) in [5, 5.41) is 44.6. The summed E-state index contributed by atoms with van der Waals surface area (Å²) in [5.41, 5.74) is 5.91. The molecule has 0 aromatic heterocycles. The SMILES string of the molecule is CC(N)C(=O)NC(CO)C(=O)NC(C(=O)NC(Cc1ccc(O)cc1)C(=O)O)C(C)O. The van der Waals surface area contributed by atoms with E-state index in [1.54, 1.807) is 0 Å². The number of nitrogens with two attached hydrogens (primary N) is 1. The van der Waals surface area contributed by atoms with Gasteiger partial charge in [-0.1, -0.05) is 12.1 Å². The number of carboxylic acids is 1. The van der Waals surface area contributed by atoms with E-state index in [0.29, 0.717) is 5.56 Å². The van der Waals surface area contributed by atoms with Gasteiger partial charge in [0.05, 0.1) is 18.8 Å². The van der Waals surface area contributed by atoms with Crippen LogP contribution in [0.25, 0.3) is 0 Å². The van der Waals surface area contributed by atoms with Crippen LogP contribution in [0.5, 0.6) is 5.75 Å². The molecule has 9 N–H and O–H groups in total. The molecule has 1 aromatic carbocycles. The van der Waals surface area contributed by atoms with Gasteiger partial charge in [0.15, 0.2) is 0 Å². The van der Waals surface area contributed by atoms with E-state index < -0.39 is 60.6 Å². The number of phenols is 1. The predicted molar refractivity (Wildman–Crippen MR) is 108 cm³/mol. The molecule has 0 bridgehead atoms. The van der Waals surface area contributed by atoms with Gasteiger partial charge < -0.3 is 42.1 Å². The summed E-state index contributed by atoms with van der Waals surface area (Å²) in [6.07, 6.45) is -1.54. The molecule has 0 heterocycles. The van der Waals surface area contributed by atoms with Crippen LogP contribution in [-0.4, -0.2) is 81.0 Å². The fourth-order valence-corrected chi connectivity index (χ4v) is 2.49. The lowest BCUT2D eigenvalue weighted by molar-refractivity contribution is -0.143. The third kappa shape index (κ3) is 8.20. The number of aliphatic hydroxyl groups excluding tert-OH is 2. The number of amides is 3. The van der Waals surface area contributed by atoms with Gasteiger partial charge in [-0.25, -0.2) is 4.79 Å². The highest BCUT2D eigenvalue weighted by molar-refractivity contribution is 5.94. The average Bonchev–Trinajstić information content (AvgIpc) is 2.70. The molecule has 5 unspecified atom stereocenters. The Kier molecular flexibility index (Phi) is 9.86. The highest BCUT2D eigenvalue weighted by Crippen LogP contribution is 2.11. The number of rotatable bonds is 11. The van der Waals surface area contributed by atoms with Gasteiger partial charge >= 0.3 is 5.97 Å². The Labute approximate surface area is 178 Å². The van der Waals surface area contributed by atoms with E-state index in [1.807, 2.05) is 0 Å². The molecule has 0 spiro atoms. The number of hydrogen-bond donors (Lipinski definition) is 8. The summed E-state index contributed by atoms with van der Waals surface area (Å²) in [5.74, 6) is -4.03. The second-order valence-electron chi connectivity index (χ2n) is 7.03. The highest BCUT2D eigenvalue weighted by Gasteiger charge is 2.32. The number of carbonyl (C=O) groups is 4. The lowest BCUT2D eigenvalue weighted by Crippen LogP contribution is -2.60. The normalized spacial score (nSPS) is 15.6. The lowest BCUT2D eigenvalue weighted by Gasteiger charge is -2.25. The first-order chi connectivity index (χ1) is 14.5. The predicted octanol–water partition coefficient (Wildman–Crippen LogP) is -2.81. The van der Waals surface area contributed by atoms with Crippen LogP contribution in [-0.2, 0) is 25.6 Å². The molecule has 12 nitrogen and oxygen atoms in total. The van der Waals surface area contributed by atoms with E-state index in [-0.39, 0.29) is 12.2 Å². The van der Waals surface area contributed by atoms with Crippen molar-refractivity contribution in [2.45, 2.75) is 50.5 Å². The summed E-state index contributed by atoms with van der Waals surface area (Å²) in [7, 11) is 0. The minimum atomic E-state index is -1.56. The number of aliphatic carboxylic acids is 1. The molecule has 12 heteroatoms. The minimum Gasteiger partial charge on any atom is -0.508 e. The summed E-state index contributed by atoms with van der Waals surface area (Å²) < 4.78 is 0. The van der Waals surface area contributed by atoms with Gasteiger partial charge in [0.2, 0.25) is 17.7 Å². The largest absolute Gasteiger partial charge is 0.508 e. The maximum absolute atomic E-state index is 12.6. The van der Waals surface area contributed by atoms with Crippen molar-refractivity contribution in [1.82, 2.24) is 16.0 Å². The van der Waals surface area contributed by atoms with Crippen LogP contribution in [0.15, 0.2) is 24.3 Å². The molecular formula is C19H28N4O8. The van der Waals surface area contributed by atoms with Gasteiger partial charge in [-0.3, -0.25) is 14.4 Å². The minimum absolute atomic E-state index is 0.00824. The summed E-state index contributed by atoms with van der Waals surface area (Å²) >= 11 is 0. The molecule has 0 saturated carbocycles. The van der Waals surface area contributed by atoms with Crippen molar-refractivity contribution >= 4 is 23.7 Å². The Morgan fingerprint density at radius 3 is 1.94 bits per heavy atom. The van der Waals surface area contributed by atoms with Crippen molar-refractivity contribution in [3.05, 3.63) is 29.8 Å².